The van der Waals surface area contributed by atoms with E-state index in [1.54, 1.807) is 68.1 Å². The Bertz CT molecular complexity index is 1760. The van der Waals surface area contributed by atoms with Crippen LogP contribution in [0.3, 0.4) is 0 Å². The zero-order valence-corrected chi connectivity index (χ0v) is 21.8. The smallest absolute Gasteiger partial charge is 0.310 e. The van der Waals surface area contributed by atoms with Crippen LogP contribution >= 0.6 is 0 Å². The first-order valence-electron chi connectivity index (χ1n) is 12.4. The summed E-state index contributed by atoms with van der Waals surface area (Å²) < 4.78 is 13.7. The zero-order valence-electron chi connectivity index (χ0n) is 21.8. The van der Waals surface area contributed by atoms with E-state index < -0.39 is 5.60 Å². The summed E-state index contributed by atoms with van der Waals surface area (Å²) in [5.41, 5.74) is 1.31. The largest absolute Gasteiger partial charge is 0.466 e. The number of hydrogen-bond donors (Lipinski definition) is 2. The number of allylic oxidation sites excluding steroid dienone is 1. The average Bonchev–Trinajstić information content (AvgIpc) is 3.41. The Morgan fingerprint density at radius 1 is 1.23 bits per heavy atom. The monoisotopic (exact) mass is 528 g/mol. The van der Waals surface area contributed by atoms with Gasteiger partial charge in [-0.05, 0) is 51.1 Å². The number of carbonyl (C=O) groups is 1. The van der Waals surface area contributed by atoms with Crippen molar-refractivity contribution in [2.45, 2.75) is 39.3 Å². The predicted molar refractivity (Wildman–Crippen MR) is 146 cm³/mol. The van der Waals surface area contributed by atoms with E-state index in [1.165, 1.54) is 10.9 Å². The van der Waals surface area contributed by atoms with Gasteiger partial charge in [0.15, 0.2) is 11.5 Å². The van der Waals surface area contributed by atoms with Crippen molar-refractivity contribution in [3.8, 4) is 5.82 Å². The number of rotatable bonds is 9. The summed E-state index contributed by atoms with van der Waals surface area (Å²) in [6.45, 7) is 9.33. The molecule has 0 fully saturated rings. The van der Waals surface area contributed by atoms with E-state index in [9.17, 15) is 14.7 Å². The molecular weight excluding hydrogens is 500 g/mol. The lowest BCUT2D eigenvalue weighted by atomic mass is 10.1. The number of ether oxygens (including phenoxy) is 1. The Kier molecular flexibility index (Phi) is 6.75. The van der Waals surface area contributed by atoms with Crippen LogP contribution < -0.4 is 10.9 Å². The van der Waals surface area contributed by atoms with Gasteiger partial charge in [-0.15, -0.1) is 6.58 Å². The highest BCUT2D eigenvalue weighted by molar-refractivity contribution is 5.88. The topological polar surface area (TPSA) is 137 Å². The van der Waals surface area contributed by atoms with E-state index in [4.69, 9.17) is 9.15 Å². The number of carbonyl (C=O) groups excluding carboxylic acids is 1. The third-order valence-corrected chi connectivity index (χ3v) is 6.11. The number of nitrogens with one attached hydrogen (secondary N) is 1. The molecule has 4 aromatic heterocycles. The number of benzene rings is 1. The van der Waals surface area contributed by atoms with Gasteiger partial charge >= 0.3 is 5.97 Å². The summed E-state index contributed by atoms with van der Waals surface area (Å²) in [7, 11) is 0. The lowest BCUT2D eigenvalue weighted by molar-refractivity contribution is -0.142. The third-order valence-electron chi connectivity index (χ3n) is 6.11. The first kappa shape index (κ1) is 25.9. The molecule has 4 heterocycles. The molecule has 0 aliphatic rings. The molecule has 11 heteroatoms. The lowest BCUT2D eigenvalue weighted by Crippen LogP contribution is -2.23. The van der Waals surface area contributed by atoms with Gasteiger partial charge in [0, 0.05) is 22.8 Å². The fourth-order valence-corrected chi connectivity index (χ4v) is 4.28. The zero-order chi connectivity index (χ0) is 27.7. The molecule has 0 saturated heterocycles. The Labute approximate surface area is 223 Å². The number of fused-ring (bicyclic) bond motifs is 2. The van der Waals surface area contributed by atoms with Gasteiger partial charge in [0.05, 0.1) is 31.5 Å². The minimum absolute atomic E-state index is 0.0898. The fraction of sp³-hybridized carbons (Fsp3) is 0.250. The first-order valence-corrected chi connectivity index (χ1v) is 12.4. The molecule has 5 rings (SSSR count). The van der Waals surface area contributed by atoms with Crippen molar-refractivity contribution in [3.05, 3.63) is 83.1 Å². The molecule has 39 heavy (non-hydrogen) atoms. The van der Waals surface area contributed by atoms with Crippen molar-refractivity contribution < 1.29 is 19.1 Å². The molecular formula is C28H28N6O5. The maximum atomic E-state index is 13.2. The van der Waals surface area contributed by atoms with Crippen LogP contribution in [0.2, 0.25) is 0 Å². The van der Waals surface area contributed by atoms with Crippen molar-refractivity contribution in [3.63, 3.8) is 0 Å². The maximum Gasteiger partial charge on any atom is 0.310 e. The van der Waals surface area contributed by atoms with Crippen LogP contribution in [0, 0.1) is 0 Å². The molecule has 0 saturated carbocycles. The van der Waals surface area contributed by atoms with E-state index in [0.717, 1.165) is 5.39 Å². The van der Waals surface area contributed by atoms with Gasteiger partial charge in [0.2, 0.25) is 5.95 Å². The van der Waals surface area contributed by atoms with E-state index in [-0.39, 0.29) is 30.4 Å². The minimum atomic E-state index is -1.18. The quantitative estimate of drug-likeness (QED) is 0.215. The molecule has 0 bridgehead atoms. The van der Waals surface area contributed by atoms with Gasteiger partial charge in [-0.25, -0.2) is 19.3 Å². The molecule has 2 N–H and O–H groups in total. The van der Waals surface area contributed by atoms with Gasteiger partial charge in [-0.1, -0.05) is 12.1 Å². The normalized spacial score (nSPS) is 11.7. The maximum absolute atomic E-state index is 13.2. The number of esters is 1. The number of furan rings is 1. The second-order valence-corrected chi connectivity index (χ2v) is 9.44. The van der Waals surface area contributed by atoms with Gasteiger partial charge in [-0.2, -0.15) is 4.98 Å². The molecule has 5 aromatic rings. The highest BCUT2D eigenvalue weighted by atomic mass is 16.5. The van der Waals surface area contributed by atoms with Gasteiger partial charge in [0.25, 0.3) is 5.56 Å². The van der Waals surface area contributed by atoms with Crippen molar-refractivity contribution >= 4 is 39.6 Å². The molecule has 1 aromatic carbocycles. The summed E-state index contributed by atoms with van der Waals surface area (Å²) in [5.74, 6) is 0.328. The van der Waals surface area contributed by atoms with E-state index >= 15 is 0 Å². The Morgan fingerprint density at radius 2 is 2.05 bits per heavy atom. The molecule has 200 valence electrons. The van der Waals surface area contributed by atoms with Crippen molar-refractivity contribution in [2.24, 2.45) is 0 Å². The molecule has 0 atom stereocenters. The molecule has 0 aliphatic heterocycles. The second-order valence-electron chi connectivity index (χ2n) is 9.44. The number of aliphatic hydroxyl groups is 1. The van der Waals surface area contributed by atoms with Crippen LogP contribution in [0.1, 0.15) is 32.0 Å². The summed E-state index contributed by atoms with van der Waals surface area (Å²) in [5, 5.41) is 14.7. The number of pyridine rings is 1. The van der Waals surface area contributed by atoms with Crippen molar-refractivity contribution in [2.75, 3.05) is 11.9 Å². The Hall–Kier alpha value is -4.77. The average molecular weight is 529 g/mol. The molecule has 0 unspecified atom stereocenters. The lowest BCUT2D eigenvalue weighted by Gasteiger charge is -2.18. The third kappa shape index (κ3) is 5.04. The molecule has 0 radical (unpaired) electrons. The highest BCUT2D eigenvalue weighted by Crippen LogP contribution is 2.27. The Balaban J connectivity index is 1.57. The molecule has 0 amide bonds. The highest BCUT2D eigenvalue weighted by Gasteiger charge is 2.22. The van der Waals surface area contributed by atoms with Gasteiger partial charge in [0.1, 0.15) is 16.6 Å². The van der Waals surface area contributed by atoms with Crippen LogP contribution in [0.25, 0.3) is 27.8 Å². The first-order chi connectivity index (χ1) is 18.7. The number of aromatic nitrogens is 5. The van der Waals surface area contributed by atoms with Crippen molar-refractivity contribution in [1.29, 1.82) is 0 Å². The van der Waals surface area contributed by atoms with E-state index in [2.05, 4.69) is 26.8 Å². The van der Waals surface area contributed by atoms with Crippen LogP contribution in [0.4, 0.5) is 11.6 Å². The number of nitrogens with zero attached hydrogens (tertiary/aromatic N) is 5. The fourth-order valence-electron chi connectivity index (χ4n) is 4.28. The van der Waals surface area contributed by atoms with Crippen molar-refractivity contribution in [1.82, 2.24) is 24.3 Å². The van der Waals surface area contributed by atoms with Crippen LogP contribution in [0.15, 0.2) is 70.7 Å². The summed E-state index contributed by atoms with van der Waals surface area (Å²) >= 11 is 0. The summed E-state index contributed by atoms with van der Waals surface area (Å²) in [6.07, 6.45) is 4.71. The standard InChI is InChI=1S/C28H28N6O5/c1-5-12-33-26(36)20-15-29-27(32-25(20)34(33)23-9-7-8-22(31-23)28(3,4)37)30-18-10-11-21-19(14-18)17(16-39-21)13-24(35)38-6-2/h5,7-11,14-16,37H,1,6,12-13H2,2-4H3,(H,29,30,32). The van der Waals surface area contributed by atoms with E-state index in [1.807, 2.05) is 6.07 Å². The van der Waals surface area contributed by atoms with Crippen LogP contribution in [-0.2, 0) is 28.1 Å². The molecule has 0 spiro atoms. The SMILES string of the molecule is C=CCn1c(=O)c2cnc(Nc3ccc4occ(CC(=O)OCC)c4c3)nc2n1-c1cccc(C(C)(C)O)n1. The number of anilines is 2. The second kappa shape index (κ2) is 10.2. The Morgan fingerprint density at radius 3 is 2.79 bits per heavy atom. The van der Waals surface area contributed by atoms with Gasteiger partial charge < -0.3 is 19.6 Å². The van der Waals surface area contributed by atoms with Crippen LogP contribution in [0.5, 0.6) is 0 Å². The minimum Gasteiger partial charge on any atom is -0.466 e. The predicted octanol–water partition coefficient (Wildman–Crippen LogP) is 3.99. The van der Waals surface area contributed by atoms with E-state index in [0.29, 0.717) is 46.0 Å². The summed E-state index contributed by atoms with van der Waals surface area (Å²) in [6, 6.07) is 10.6. The van der Waals surface area contributed by atoms with Gasteiger partial charge in [-0.3, -0.25) is 9.59 Å². The molecule has 11 nitrogen and oxygen atoms in total. The summed E-state index contributed by atoms with van der Waals surface area (Å²) in [4.78, 5) is 38.8. The van der Waals surface area contributed by atoms with Crippen LogP contribution in [-0.4, -0.2) is 42.0 Å². The number of hydrogen-bond acceptors (Lipinski definition) is 9. The molecule has 0 aliphatic carbocycles.